The second-order valence-electron chi connectivity index (χ2n) is 6.87. The lowest BCUT2D eigenvalue weighted by molar-refractivity contribution is -0.136. The van der Waals surface area contributed by atoms with Crippen LogP contribution in [0.2, 0.25) is 5.02 Å². The molecule has 26 heavy (non-hydrogen) atoms. The van der Waals surface area contributed by atoms with Gasteiger partial charge >= 0.3 is 0 Å². The van der Waals surface area contributed by atoms with Crippen molar-refractivity contribution < 1.29 is 18.4 Å². The lowest BCUT2D eigenvalue weighted by Gasteiger charge is -2.24. The van der Waals surface area contributed by atoms with Crippen LogP contribution in [0.15, 0.2) is 12.1 Å². The van der Waals surface area contributed by atoms with Crippen LogP contribution in [0.25, 0.3) is 10.6 Å². The van der Waals surface area contributed by atoms with E-state index in [9.17, 15) is 18.4 Å². The van der Waals surface area contributed by atoms with Crippen LogP contribution < -0.4 is 0 Å². The number of hydrogen-bond donors (Lipinski definition) is 0. The quantitative estimate of drug-likeness (QED) is 0.690. The van der Waals surface area contributed by atoms with Crippen molar-refractivity contribution in [2.24, 2.45) is 11.8 Å². The van der Waals surface area contributed by atoms with Gasteiger partial charge in [-0.15, -0.1) is 11.3 Å². The van der Waals surface area contributed by atoms with E-state index in [0.29, 0.717) is 18.5 Å². The van der Waals surface area contributed by atoms with Gasteiger partial charge in [-0.2, -0.15) is 0 Å². The topological polar surface area (TPSA) is 47.0 Å². The number of aromatic nitrogens is 1. The zero-order valence-corrected chi connectivity index (χ0v) is 15.6. The van der Waals surface area contributed by atoms with E-state index in [4.69, 9.17) is 11.6 Å². The summed E-state index contributed by atoms with van der Waals surface area (Å²) in [5.41, 5.74) is 0.117. The highest BCUT2D eigenvalue weighted by atomic mass is 35.5. The van der Waals surface area contributed by atoms with Crippen LogP contribution in [-0.4, -0.2) is 16.6 Å². The number of Topliss-reactive ketones (excluding diaryl/α,β-unsaturated/α-hetero) is 2. The number of thiazole rings is 1. The lowest BCUT2D eigenvalue weighted by Crippen LogP contribution is -2.35. The van der Waals surface area contributed by atoms with Gasteiger partial charge in [0, 0.05) is 21.7 Å². The highest BCUT2D eigenvalue weighted by Crippen LogP contribution is 2.46. The Bertz CT molecular complexity index is 881. The molecule has 0 amide bonds. The van der Waals surface area contributed by atoms with Crippen LogP contribution in [0.5, 0.6) is 0 Å². The first-order chi connectivity index (χ1) is 12.4. The Morgan fingerprint density at radius 3 is 2.27 bits per heavy atom. The molecule has 2 aliphatic rings. The molecule has 2 aromatic rings. The molecule has 2 saturated carbocycles. The van der Waals surface area contributed by atoms with Crippen molar-refractivity contribution in [2.75, 3.05) is 0 Å². The lowest BCUT2D eigenvalue weighted by atomic mass is 9.77. The molecule has 2 fully saturated rings. The van der Waals surface area contributed by atoms with Crippen LogP contribution >= 0.6 is 22.9 Å². The first kappa shape index (κ1) is 17.7. The Morgan fingerprint density at radius 1 is 1.15 bits per heavy atom. The maximum absolute atomic E-state index is 14.3. The van der Waals surface area contributed by atoms with Crippen LogP contribution in [0, 0.1) is 23.5 Å². The summed E-state index contributed by atoms with van der Waals surface area (Å²) >= 11 is 6.81. The van der Waals surface area contributed by atoms with Gasteiger partial charge in [0.15, 0.2) is 11.6 Å². The van der Waals surface area contributed by atoms with E-state index in [2.05, 4.69) is 4.98 Å². The molecule has 2 bridgehead atoms. The Hall–Kier alpha value is -1.66. The Balaban J connectivity index is 1.82. The average molecular weight is 396 g/mol. The van der Waals surface area contributed by atoms with Crippen molar-refractivity contribution >= 4 is 34.5 Å². The average Bonchev–Trinajstić information content (AvgIpc) is 3.18. The molecule has 1 aromatic heterocycles. The Kier molecular flexibility index (Phi) is 4.43. The molecule has 1 unspecified atom stereocenters. The third kappa shape index (κ3) is 2.70. The largest absolute Gasteiger partial charge is 0.298 e. The van der Waals surface area contributed by atoms with E-state index in [0.717, 1.165) is 41.2 Å². The van der Waals surface area contributed by atoms with E-state index < -0.39 is 17.6 Å². The molecule has 2 aliphatic carbocycles. The number of hydrogen-bond acceptors (Lipinski definition) is 4. The fraction of sp³-hybridized carbons (Fsp3) is 0.421. The van der Waals surface area contributed by atoms with Crippen molar-refractivity contribution in [3.05, 3.63) is 39.4 Å². The number of carbonyl (C=O) groups is 2. The number of carbonyl (C=O) groups excluding carboxylic acids is 2. The molecule has 1 aromatic carbocycles. The highest BCUT2D eigenvalue weighted by Gasteiger charge is 2.49. The smallest absolute Gasteiger partial charge is 0.152 e. The highest BCUT2D eigenvalue weighted by molar-refractivity contribution is 7.15. The summed E-state index contributed by atoms with van der Waals surface area (Å²) in [6.45, 7) is 1.88. The molecule has 136 valence electrons. The van der Waals surface area contributed by atoms with Crippen molar-refractivity contribution in [1.29, 1.82) is 0 Å². The van der Waals surface area contributed by atoms with Gasteiger partial charge in [0.05, 0.1) is 11.3 Å². The van der Waals surface area contributed by atoms with Crippen molar-refractivity contribution in [2.45, 2.75) is 38.5 Å². The molecule has 0 saturated heterocycles. The number of benzene rings is 1. The molecule has 0 aliphatic heterocycles. The fourth-order valence-corrected chi connectivity index (χ4v) is 5.35. The van der Waals surface area contributed by atoms with E-state index in [1.54, 1.807) is 0 Å². The van der Waals surface area contributed by atoms with Crippen LogP contribution in [0.1, 0.15) is 42.7 Å². The molecule has 3 nitrogen and oxygen atoms in total. The van der Waals surface area contributed by atoms with Gasteiger partial charge in [0.1, 0.15) is 22.6 Å². The summed E-state index contributed by atoms with van der Waals surface area (Å²) in [7, 11) is 0. The van der Waals surface area contributed by atoms with Gasteiger partial charge in [0.25, 0.3) is 0 Å². The molecule has 4 rings (SSSR count). The summed E-state index contributed by atoms with van der Waals surface area (Å²) in [6, 6.07) is 2.06. The van der Waals surface area contributed by atoms with Gasteiger partial charge < -0.3 is 0 Å². The first-order valence-electron chi connectivity index (χ1n) is 8.62. The maximum Gasteiger partial charge on any atom is 0.152 e. The summed E-state index contributed by atoms with van der Waals surface area (Å²) in [4.78, 5) is 30.6. The van der Waals surface area contributed by atoms with E-state index in [-0.39, 0.29) is 39.0 Å². The zero-order valence-electron chi connectivity index (χ0n) is 14.0. The minimum absolute atomic E-state index is 0.0366. The van der Waals surface area contributed by atoms with Gasteiger partial charge in [0.2, 0.25) is 0 Å². The molecular weight excluding hydrogens is 380 g/mol. The van der Waals surface area contributed by atoms with Gasteiger partial charge in [-0.3, -0.25) is 9.59 Å². The summed E-state index contributed by atoms with van der Waals surface area (Å²) in [5.74, 6) is -2.87. The van der Waals surface area contributed by atoms with Crippen molar-refractivity contribution in [1.82, 2.24) is 4.98 Å². The number of ketones is 2. The molecule has 3 atom stereocenters. The summed E-state index contributed by atoms with van der Waals surface area (Å²) in [5, 5.41) is 0.104. The zero-order chi connectivity index (χ0) is 18.6. The van der Waals surface area contributed by atoms with Crippen molar-refractivity contribution in [3.63, 3.8) is 0 Å². The van der Waals surface area contributed by atoms with Crippen LogP contribution in [-0.2, 0) is 16.0 Å². The summed E-state index contributed by atoms with van der Waals surface area (Å²) in [6.07, 6.45) is 2.65. The van der Waals surface area contributed by atoms with Gasteiger partial charge in [-0.25, -0.2) is 13.8 Å². The molecular formula is C19H16ClF2NO2S. The van der Waals surface area contributed by atoms with E-state index in [1.807, 2.05) is 6.92 Å². The Morgan fingerprint density at radius 2 is 1.73 bits per heavy atom. The van der Waals surface area contributed by atoms with Crippen LogP contribution in [0.3, 0.4) is 0 Å². The second-order valence-corrected chi connectivity index (χ2v) is 8.39. The minimum atomic E-state index is -0.889. The standard InChI is InChI=1S/C19H16ClF2NO2S/c1-2-13-16(15-17(24)8-3-4-9(5-8)18(15)25)23-19(26-13)14-11(21)6-10(20)7-12(14)22/h6-9,15H,2-5H2,1H3/t8-,9+,15?. The number of aryl methyl sites for hydroxylation is 1. The third-order valence-electron chi connectivity index (χ3n) is 5.35. The number of halogens is 3. The maximum atomic E-state index is 14.3. The minimum Gasteiger partial charge on any atom is -0.298 e. The first-order valence-corrected chi connectivity index (χ1v) is 9.82. The van der Waals surface area contributed by atoms with E-state index >= 15 is 0 Å². The summed E-state index contributed by atoms with van der Waals surface area (Å²) < 4.78 is 28.6. The van der Waals surface area contributed by atoms with Gasteiger partial charge in [-0.1, -0.05) is 18.5 Å². The van der Waals surface area contributed by atoms with Crippen molar-refractivity contribution in [3.8, 4) is 10.6 Å². The fourth-order valence-electron chi connectivity index (χ4n) is 4.08. The molecule has 0 radical (unpaired) electrons. The predicted octanol–water partition coefficient (Wildman–Crippen LogP) is 4.96. The monoisotopic (exact) mass is 395 g/mol. The molecule has 7 heteroatoms. The number of nitrogens with zero attached hydrogens (tertiary/aromatic N) is 1. The second kappa shape index (κ2) is 6.50. The van der Waals surface area contributed by atoms with E-state index in [1.165, 1.54) is 0 Å². The molecule has 0 N–H and O–H groups in total. The number of rotatable bonds is 3. The molecule has 0 spiro atoms. The normalized spacial score (nSPS) is 25.2. The van der Waals surface area contributed by atoms with Gasteiger partial charge in [-0.05, 0) is 37.8 Å². The third-order valence-corrected chi connectivity index (χ3v) is 6.80. The van der Waals surface area contributed by atoms with Crippen LogP contribution in [0.4, 0.5) is 8.78 Å². The molecule has 1 heterocycles. The SMILES string of the molecule is CCc1sc(-c2c(F)cc(Cl)cc2F)nc1C1C(=O)[C@@H]2CC[C@@H](C2)C1=O. The predicted molar refractivity (Wildman–Crippen MR) is 95.4 cm³/mol. The number of fused-ring (bicyclic) bond motifs is 2. The Labute approximate surface area is 158 Å².